The molecule has 0 radical (unpaired) electrons. The summed E-state index contributed by atoms with van der Waals surface area (Å²) in [5.41, 5.74) is 1.04. The van der Waals surface area contributed by atoms with Crippen molar-refractivity contribution in [2.45, 2.75) is 32.7 Å². The minimum atomic E-state index is -0.940. The van der Waals surface area contributed by atoms with Crippen LogP contribution in [0.4, 0.5) is 0 Å². The summed E-state index contributed by atoms with van der Waals surface area (Å²) < 4.78 is 7.55. The Labute approximate surface area is 174 Å². The molecular weight excluding hydrogens is 390 g/mol. The number of hydrogen-bond acceptors (Lipinski definition) is 5. The van der Waals surface area contributed by atoms with Crippen molar-refractivity contribution in [3.63, 3.8) is 0 Å². The number of benzene rings is 1. The van der Waals surface area contributed by atoms with Gasteiger partial charge in [-0.05, 0) is 24.5 Å². The van der Waals surface area contributed by atoms with Gasteiger partial charge in [0.15, 0.2) is 0 Å². The number of likely N-dealkylation sites (tertiary alicyclic amines) is 1. The fraction of sp³-hybridized carbons (Fsp3) is 0.524. The first-order valence-electron chi connectivity index (χ1n) is 10.1. The van der Waals surface area contributed by atoms with Crippen LogP contribution in [-0.4, -0.2) is 69.3 Å². The summed E-state index contributed by atoms with van der Waals surface area (Å²) >= 11 is 0. The van der Waals surface area contributed by atoms with E-state index in [9.17, 15) is 14.7 Å². The van der Waals surface area contributed by atoms with E-state index in [-0.39, 0.29) is 31.4 Å². The standard InChI is InChI=1S/C20H25N3O4.CH2O2/c1-2-17-21-15-5-3-4-6-16(15)23(17)9-7-18(24)22-11-14-8-10-27-13-20(14,12-22)19(25)26;2-1-3/h3-6,14H,2,7-13H2,1H3,(H,25,26);1H,(H,2,3)/t14-,20+;/m0./s1. The Morgan fingerprint density at radius 3 is 2.77 bits per heavy atom. The lowest BCUT2D eigenvalue weighted by molar-refractivity contribution is -0.160. The Bertz CT molecular complexity index is 927. The van der Waals surface area contributed by atoms with Crippen molar-refractivity contribution < 1.29 is 29.3 Å². The molecule has 2 saturated heterocycles. The molecule has 9 heteroatoms. The molecule has 9 nitrogen and oxygen atoms in total. The highest BCUT2D eigenvalue weighted by atomic mass is 16.5. The van der Waals surface area contributed by atoms with Gasteiger partial charge in [-0.25, -0.2) is 4.98 Å². The van der Waals surface area contributed by atoms with Crippen LogP contribution in [0.5, 0.6) is 0 Å². The maximum Gasteiger partial charge on any atom is 0.314 e. The van der Waals surface area contributed by atoms with Crippen LogP contribution in [0.2, 0.25) is 0 Å². The number of rotatable bonds is 5. The maximum atomic E-state index is 12.8. The molecule has 2 aromatic rings. The third kappa shape index (κ3) is 4.02. The molecule has 1 amide bonds. The second kappa shape index (κ2) is 9.25. The lowest BCUT2D eigenvalue weighted by atomic mass is 9.76. The molecule has 0 bridgehead atoms. The zero-order valence-electron chi connectivity index (χ0n) is 17.0. The normalized spacial score (nSPS) is 22.8. The molecule has 2 aliphatic heterocycles. The van der Waals surface area contributed by atoms with E-state index >= 15 is 0 Å². The van der Waals surface area contributed by atoms with Gasteiger partial charge in [-0.3, -0.25) is 14.4 Å². The van der Waals surface area contributed by atoms with Gasteiger partial charge in [0.2, 0.25) is 5.91 Å². The minimum absolute atomic E-state index is 0.00450. The van der Waals surface area contributed by atoms with E-state index in [0.29, 0.717) is 32.5 Å². The van der Waals surface area contributed by atoms with Crippen LogP contribution in [0.3, 0.4) is 0 Å². The SMILES string of the molecule is CCc1nc2ccccc2n1CCC(=O)N1C[C@@H]2CCOC[C@]2(C(=O)O)C1.O=CO. The van der Waals surface area contributed by atoms with Crippen LogP contribution in [0.15, 0.2) is 24.3 Å². The monoisotopic (exact) mass is 417 g/mol. The number of amides is 1. The first-order valence-corrected chi connectivity index (χ1v) is 10.1. The Morgan fingerprint density at radius 2 is 2.10 bits per heavy atom. The second-order valence-corrected chi connectivity index (χ2v) is 7.65. The fourth-order valence-electron chi connectivity index (χ4n) is 4.49. The third-order valence-electron chi connectivity index (χ3n) is 6.04. The van der Waals surface area contributed by atoms with Crippen molar-refractivity contribution in [3.8, 4) is 0 Å². The molecule has 0 saturated carbocycles. The average Bonchev–Trinajstić information content (AvgIpc) is 3.32. The molecule has 162 valence electrons. The summed E-state index contributed by atoms with van der Waals surface area (Å²) in [6.45, 7) is 3.89. The highest BCUT2D eigenvalue weighted by Crippen LogP contribution is 2.41. The zero-order chi connectivity index (χ0) is 21.7. The summed E-state index contributed by atoms with van der Waals surface area (Å²) in [5, 5.41) is 16.6. The number of aromatic nitrogens is 2. The quantitative estimate of drug-likeness (QED) is 0.709. The first kappa shape index (κ1) is 21.8. The van der Waals surface area contributed by atoms with Gasteiger partial charge in [0.1, 0.15) is 11.2 Å². The molecule has 2 atom stereocenters. The van der Waals surface area contributed by atoms with Crippen molar-refractivity contribution in [2.75, 3.05) is 26.3 Å². The molecule has 1 aromatic heterocycles. The molecule has 3 heterocycles. The maximum absolute atomic E-state index is 12.8. The Balaban J connectivity index is 0.000000806. The van der Waals surface area contributed by atoms with Gasteiger partial charge in [-0.15, -0.1) is 0 Å². The summed E-state index contributed by atoms with van der Waals surface area (Å²) in [4.78, 5) is 39.4. The molecule has 2 aliphatic rings. The van der Waals surface area contributed by atoms with E-state index in [1.165, 1.54) is 0 Å². The number of para-hydroxylation sites is 2. The molecule has 0 spiro atoms. The van der Waals surface area contributed by atoms with Crippen LogP contribution < -0.4 is 0 Å². The number of fused-ring (bicyclic) bond motifs is 2. The van der Waals surface area contributed by atoms with Crippen LogP contribution in [0.25, 0.3) is 11.0 Å². The molecule has 2 fully saturated rings. The summed E-state index contributed by atoms with van der Waals surface area (Å²) in [6.07, 6.45) is 1.84. The van der Waals surface area contributed by atoms with E-state index in [1.807, 2.05) is 24.3 Å². The van der Waals surface area contributed by atoms with Crippen LogP contribution >= 0.6 is 0 Å². The predicted molar refractivity (Wildman–Crippen MR) is 108 cm³/mol. The van der Waals surface area contributed by atoms with Crippen molar-refractivity contribution in [1.82, 2.24) is 14.5 Å². The van der Waals surface area contributed by atoms with Crippen molar-refractivity contribution in [1.29, 1.82) is 0 Å². The van der Waals surface area contributed by atoms with E-state index in [4.69, 9.17) is 14.6 Å². The van der Waals surface area contributed by atoms with Crippen LogP contribution in [0, 0.1) is 11.3 Å². The number of hydrogen-bond donors (Lipinski definition) is 2. The number of aliphatic carboxylic acids is 1. The lowest BCUT2D eigenvalue weighted by Crippen LogP contribution is -2.46. The molecule has 1 aromatic carbocycles. The van der Waals surface area contributed by atoms with Crippen molar-refractivity contribution in [3.05, 3.63) is 30.1 Å². The Morgan fingerprint density at radius 1 is 1.37 bits per heavy atom. The van der Waals surface area contributed by atoms with Gasteiger partial charge in [0.05, 0.1) is 17.6 Å². The first-order chi connectivity index (χ1) is 14.5. The highest BCUT2D eigenvalue weighted by molar-refractivity contribution is 5.82. The number of nitrogens with zero attached hydrogens (tertiary/aromatic N) is 3. The minimum Gasteiger partial charge on any atom is -0.483 e. The fourth-order valence-corrected chi connectivity index (χ4v) is 4.49. The number of carbonyl (C=O) groups is 3. The highest BCUT2D eigenvalue weighted by Gasteiger charge is 2.55. The third-order valence-corrected chi connectivity index (χ3v) is 6.04. The second-order valence-electron chi connectivity index (χ2n) is 7.65. The number of ether oxygens (including phenoxy) is 1. The number of carboxylic acids is 1. The summed E-state index contributed by atoms with van der Waals surface area (Å²) in [7, 11) is 0. The van der Waals surface area contributed by atoms with Crippen LogP contribution in [-0.2, 0) is 32.1 Å². The lowest BCUT2D eigenvalue weighted by Gasteiger charge is -2.33. The predicted octanol–water partition coefficient (Wildman–Crippen LogP) is 1.64. The van der Waals surface area contributed by atoms with Crippen molar-refractivity contribution >= 4 is 29.4 Å². The van der Waals surface area contributed by atoms with E-state index in [2.05, 4.69) is 16.5 Å². The Hall–Kier alpha value is -2.94. The number of imidazole rings is 1. The molecule has 4 rings (SSSR count). The molecular formula is C21H27N3O6. The van der Waals surface area contributed by atoms with E-state index < -0.39 is 11.4 Å². The topological polar surface area (TPSA) is 122 Å². The summed E-state index contributed by atoms with van der Waals surface area (Å²) in [6, 6.07) is 7.94. The van der Waals surface area contributed by atoms with Gasteiger partial charge in [0.25, 0.3) is 6.47 Å². The molecule has 30 heavy (non-hydrogen) atoms. The van der Waals surface area contributed by atoms with E-state index in [1.54, 1.807) is 4.90 Å². The number of carbonyl (C=O) groups excluding carboxylic acids is 1. The number of aryl methyl sites for hydroxylation is 2. The van der Waals surface area contributed by atoms with Crippen molar-refractivity contribution in [2.24, 2.45) is 11.3 Å². The average molecular weight is 417 g/mol. The number of carboxylic acid groups (broad SMARTS) is 2. The molecule has 0 unspecified atom stereocenters. The van der Waals surface area contributed by atoms with Gasteiger partial charge in [-0.1, -0.05) is 19.1 Å². The molecule has 0 aliphatic carbocycles. The summed E-state index contributed by atoms with van der Waals surface area (Å²) in [5.74, 6) is 0.101. The molecule has 2 N–H and O–H groups in total. The van der Waals surface area contributed by atoms with Gasteiger partial charge in [0, 0.05) is 39.1 Å². The Kier molecular flexibility index (Phi) is 6.71. The largest absolute Gasteiger partial charge is 0.483 e. The van der Waals surface area contributed by atoms with Gasteiger partial charge < -0.3 is 24.4 Å². The van der Waals surface area contributed by atoms with Gasteiger partial charge in [-0.2, -0.15) is 0 Å². The van der Waals surface area contributed by atoms with Gasteiger partial charge >= 0.3 is 5.97 Å². The smallest absolute Gasteiger partial charge is 0.314 e. The zero-order valence-corrected chi connectivity index (χ0v) is 17.0. The van der Waals surface area contributed by atoms with E-state index in [0.717, 1.165) is 23.3 Å². The van der Waals surface area contributed by atoms with Crippen LogP contribution in [0.1, 0.15) is 25.6 Å².